The molecule has 2 N–H and O–H groups in total. The molecule has 2 aromatic rings. The van der Waals surface area contributed by atoms with E-state index in [1.807, 2.05) is 72.3 Å². The molecule has 0 aliphatic heterocycles. The second-order valence-electron chi connectivity index (χ2n) is 6.80. The number of nitrogens with one attached hydrogen (secondary N) is 2. The standard InChI is InChI=1S/C21H28N4O2.2HI/c1-24-14-8-10-18(16-24)20(26)22-12-6-4-3-5-7-13-23-21(27)19-11-9-15-25(2)17-19;;/h8-11,14-17H,3-7,12-13H2,1-2H3;2*1H. The van der Waals surface area contributed by atoms with Gasteiger partial charge < -0.3 is 58.6 Å². The number of unbranched alkanes of at least 4 members (excludes halogenated alkanes) is 4. The van der Waals surface area contributed by atoms with E-state index in [1.54, 1.807) is 0 Å². The van der Waals surface area contributed by atoms with Gasteiger partial charge in [-0.3, -0.25) is 9.59 Å². The zero-order valence-electron chi connectivity index (χ0n) is 17.0. The summed E-state index contributed by atoms with van der Waals surface area (Å²) in [6.07, 6.45) is 12.6. The Labute approximate surface area is 207 Å². The molecule has 8 heteroatoms. The maximum absolute atomic E-state index is 12.0. The number of hydrogen-bond acceptors (Lipinski definition) is 2. The number of carbonyl (C=O) groups is 2. The van der Waals surface area contributed by atoms with Gasteiger partial charge in [0, 0.05) is 25.2 Å². The quantitative estimate of drug-likeness (QED) is 0.159. The Kier molecular flexibility index (Phi) is 14.8. The molecule has 160 valence electrons. The van der Waals surface area contributed by atoms with E-state index in [2.05, 4.69) is 10.6 Å². The van der Waals surface area contributed by atoms with Gasteiger partial charge in [0.2, 0.25) is 0 Å². The average molecular weight is 624 g/mol. The molecule has 0 aliphatic carbocycles. The molecular formula is C21H30I2N4O2. The van der Waals surface area contributed by atoms with Gasteiger partial charge in [-0.25, -0.2) is 9.13 Å². The lowest BCUT2D eigenvalue weighted by molar-refractivity contribution is -0.671. The average Bonchev–Trinajstić information content (AvgIpc) is 2.66. The van der Waals surface area contributed by atoms with Crippen molar-refractivity contribution in [1.29, 1.82) is 0 Å². The van der Waals surface area contributed by atoms with Gasteiger partial charge in [-0.05, 0) is 25.0 Å². The Hall–Kier alpha value is -1.30. The lowest BCUT2D eigenvalue weighted by Gasteiger charge is -2.06. The van der Waals surface area contributed by atoms with Crippen molar-refractivity contribution in [3.05, 3.63) is 60.2 Å². The first-order valence-corrected chi connectivity index (χ1v) is 9.53. The second-order valence-corrected chi connectivity index (χ2v) is 6.80. The highest BCUT2D eigenvalue weighted by atomic mass is 127. The van der Waals surface area contributed by atoms with E-state index in [0.29, 0.717) is 24.2 Å². The number of halogens is 2. The summed E-state index contributed by atoms with van der Waals surface area (Å²) in [5.41, 5.74) is 1.37. The summed E-state index contributed by atoms with van der Waals surface area (Å²) >= 11 is 0. The zero-order chi connectivity index (χ0) is 19.5. The van der Waals surface area contributed by atoms with Crippen LogP contribution in [0.1, 0.15) is 52.8 Å². The van der Waals surface area contributed by atoms with Gasteiger partial charge in [0.25, 0.3) is 11.8 Å². The SMILES string of the molecule is C[n+]1cccc(C(=O)NCCCCCCCNC(=O)c2ccc[n+](C)c2)c1.[I-].[I-]. The molecule has 29 heavy (non-hydrogen) atoms. The van der Waals surface area contributed by atoms with Crippen LogP contribution in [-0.2, 0) is 14.1 Å². The lowest BCUT2D eigenvalue weighted by Crippen LogP contribution is -3.00. The van der Waals surface area contributed by atoms with E-state index >= 15 is 0 Å². The van der Waals surface area contributed by atoms with Crippen LogP contribution in [0.4, 0.5) is 0 Å². The Morgan fingerprint density at radius 3 is 1.48 bits per heavy atom. The molecule has 0 unspecified atom stereocenters. The Balaban J connectivity index is 0.00000392. The van der Waals surface area contributed by atoms with Crippen molar-refractivity contribution in [1.82, 2.24) is 10.6 Å². The van der Waals surface area contributed by atoms with Crippen LogP contribution in [0.25, 0.3) is 0 Å². The second kappa shape index (κ2) is 15.5. The van der Waals surface area contributed by atoms with E-state index < -0.39 is 0 Å². The topological polar surface area (TPSA) is 66.0 Å². The molecule has 2 amide bonds. The Bertz CT molecular complexity index is 708. The van der Waals surface area contributed by atoms with Crippen LogP contribution in [0.5, 0.6) is 0 Å². The number of hydrogen-bond donors (Lipinski definition) is 2. The maximum atomic E-state index is 12.0. The van der Waals surface area contributed by atoms with Crippen LogP contribution in [0.2, 0.25) is 0 Å². The highest BCUT2D eigenvalue weighted by molar-refractivity contribution is 5.93. The molecule has 0 spiro atoms. The fourth-order valence-corrected chi connectivity index (χ4v) is 2.83. The van der Waals surface area contributed by atoms with Crippen molar-refractivity contribution in [2.75, 3.05) is 13.1 Å². The maximum Gasteiger partial charge on any atom is 0.257 e. The molecule has 0 aromatic carbocycles. The smallest absolute Gasteiger partial charge is 0.257 e. The Morgan fingerprint density at radius 1 is 0.724 bits per heavy atom. The van der Waals surface area contributed by atoms with Crippen molar-refractivity contribution in [2.24, 2.45) is 14.1 Å². The molecule has 0 bridgehead atoms. The van der Waals surface area contributed by atoms with E-state index in [9.17, 15) is 9.59 Å². The molecule has 0 atom stereocenters. The third-order valence-electron chi connectivity index (χ3n) is 4.33. The highest BCUT2D eigenvalue weighted by Crippen LogP contribution is 2.03. The number of rotatable bonds is 10. The first kappa shape index (κ1) is 27.7. The molecule has 2 aromatic heterocycles. The summed E-state index contributed by atoms with van der Waals surface area (Å²) in [6.45, 7) is 1.39. The van der Waals surface area contributed by atoms with Crippen molar-refractivity contribution in [3.8, 4) is 0 Å². The number of carbonyl (C=O) groups excluding carboxylic acids is 2. The minimum Gasteiger partial charge on any atom is -1.00 e. The molecule has 0 fully saturated rings. The van der Waals surface area contributed by atoms with Gasteiger partial charge in [0.15, 0.2) is 24.8 Å². The number of aryl methyl sites for hydroxylation is 2. The predicted octanol–water partition coefficient (Wildman–Crippen LogP) is -4.55. The highest BCUT2D eigenvalue weighted by Gasteiger charge is 2.09. The van der Waals surface area contributed by atoms with Gasteiger partial charge in [-0.1, -0.05) is 19.3 Å². The number of pyridine rings is 2. The van der Waals surface area contributed by atoms with Crippen LogP contribution in [0.15, 0.2) is 49.1 Å². The molecule has 0 saturated heterocycles. The van der Waals surface area contributed by atoms with Gasteiger partial charge in [-0.2, -0.15) is 0 Å². The largest absolute Gasteiger partial charge is 1.00 e. The summed E-state index contributed by atoms with van der Waals surface area (Å²) in [5, 5.41) is 5.91. The molecule has 0 aliphatic rings. The van der Waals surface area contributed by atoms with Crippen LogP contribution in [0.3, 0.4) is 0 Å². The minimum absolute atomic E-state index is 0. The van der Waals surface area contributed by atoms with Crippen molar-refractivity contribution < 1.29 is 66.7 Å². The van der Waals surface area contributed by atoms with E-state index in [4.69, 9.17) is 0 Å². The van der Waals surface area contributed by atoms with Gasteiger partial charge in [-0.15, -0.1) is 0 Å². The number of nitrogens with zero attached hydrogens (tertiary/aromatic N) is 2. The van der Waals surface area contributed by atoms with Gasteiger partial charge in [0.05, 0.1) is 0 Å². The molecule has 0 radical (unpaired) electrons. The zero-order valence-corrected chi connectivity index (χ0v) is 21.4. The van der Waals surface area contributed by atoms with Crippen molar-refractivity contribution in [3.63, 3.8) is 0 Å². The third-order valence-corrected chi connectivity index (χ3v) is 4.33. The molecule has 2 heterocycles. The van der Waals surface area contributed by atoms with E-state index in [0.717, 1.165) is 32.1 Å². The van der Waals surface area contributed by atoms with Crippen LogP contribution < -0.4 is 67.7 Å². The molecule has 0 saturated carbocycles. The Morgan fingerprint density at radius 2 is 1.10 bits per heavy atom. The molecule has 6 nitrogen and oxygen atoms in total. The summed E-state index contributed by atoms with van der Waals surface area (Å²) in [6, 6.07) is 7.37. The van der Waals surface area contributed by atoms with Crippen LogP contribution >= 0.6 is 0 Å². The number of amides is 2. The summed E-state index contributed by atoms with van der Waals surface area (Å²) in [5.74, 6) is -0.0496. The minimum atomic E-state index is -0.0248. The monoisotopic (exact) mass is 624 g/mol. The normalized spacial score (nSPS) is 9.72. The summed E-state index contributed by atoms with van der Waals surface area (Å²) in [7, 11) is 3.80. The fraction of sp³-hybridized carbons (Fsp3) is 0.429. The molecular weight excluding hydrogens is 594 g/mol. The third kappa shape index (κ3) is 10.9. The van der Waals surface area contributed by atoms with Crippen molar-refractivity contribution in [2.45, 2.75) is 32.1 Å². The number of aromatic nitrogens is 2. The molecule has 2 rings (SSSR count). The first-order valence-electron chi connectivity index (χ1n) is 9.53. The summed E-state index contributed by atoms with van der Waals surface area (Å²) < 4.78 is 3.73. The van der Waals surface area contributed by atoms with Gasteiger partial charge >= 0.3 is 0 Å². The van der Waals surface area contributed by atoms with Crippen LogP contribution in [-0.4, -0.2) is 24.9 Å². The van der Waals surface area contributed by atoms with Gasteiger partial charge in [0.1, 0.15) is 25.2 Å². The predicted molar refractivity (Wildman–Crippen MR) is 103 cm³/mol. The van der Waals surface area contributed by atoms with Crippen LogP contribution in [0, 0.1) is 0 Å². The fourth-order valence-electron chi connectivity index (χ4n) is 2.83. The first-order chi connectivity index (χ1) is 13.1. The van der Waals surface area contributed by atoms with E-state index in [1.165, 1.54) is 0 Å². The van der Waals surface area contributed by atoms with E-state index in [-0.39, 0.29) is 59.8 Å². The van der Waals surface area contributed by atoms with Crippen molar-refractivity contribution >= 4 is 11.8 Å². The summed E-state index contributed by atoms with van der Waals surface area (Å²) in [4.78, 5) is 24.0. The lowest BCUT2D eigenvalue weighted by atomic mass is 10.1.